The molecule has 8 nitrogen and oxygen atoms in total. The van der Waals surface area contributed by atoms with E-state index in [1.807, 2.05) is 30.3 Å². The normalized spacial score (nSPS) is 11.5. The van der Waals surface area contributed by atoms with Crippen LogP contribution in [0.2, 0.25) is 0 Å². The number of fused-ring (bicyclic) bond motifs is 2. The van der Waals surface area contributed by atoms with Gasteiger partial charge in [-0.3, -0.25) is 4.79 Å². The second kappa shape index (κ2) is 5.51. The van der Waals surface area contributed by atoms with Crippen molar-refractivity contribution in [2.45, 2.75) is 0 Å². The van der Waals surface area contributed by atoms with Crippen molar-refractivity contribution in [3.05, 3.63) is 58.6 Å². The van der Waals surface area contributed by atoms with E-state index in [1.165, 1.54) is 12.5 Å². The molecule has 8 heteroatoms. The van der Waals surface area contributed by atoms with Gasteiger partial charge in [-0.2, -0.15) is 10.1 Å². The Morgan fingerprint density at radius 1 is 1.21 bits per heavy atom. The highest BCUT2D eigenvalue weighted by molar-refractivity contribution is 6.02. The fourth-order valence-corrected chi connectivity index (χ4v) is 2.47. The third-order valence-electron chi connectivity index (χ3n) is 3.61. The Bertz CT molecular complexity index is 1130. The maximum atomic E-state index is 11.6. The number of imidazole rings is 1. The van der Waals surface area contributed by atoms with Gasteiger partial charge >= 0.3 is 0 Å². The molecule has 4 rings (SSSR count). The summed E-state index contributed by atoms with van der Waals surface area (Å²) in [5, 5.41) is 16.0. The number of hydrazone groups is 1. The summed E-state index contributed by atoms with van der Waals surface area (Å²) < 4.78 is 0. The molecule has 0 radical (unpaired) electrons. The van der Waals surface area contributed by atoms with Crippen LogP contribution < -0.4 is 11.0 Å². The largest absolute Gasteiger partial charge is 0.507 e. The molecule has 24 heavy (non-hydrogen) atoms. The summed E-state index contributed by atoms with van der Waals surface area (Å²) in [6.45, 7) is 0. The lowest BCUT2D eigenvalue weighted by Crippen LogP contribution is -2.05. The number of nitrogens with one attached hydrogen (secondary N) is 3. The van der Waals surface area contributed by atoms with Gasteiger partial charge < -0.3 is 15.1 Å². The van der Waals surface area contributed by atoms with Gasteiger partial charge in [0.15, 0.2) is 11.2 Å². The minimum absolute atomic E-state index is 0.127. The number of benzene rings is 2. The van der Waals surface area contributed by atoms with Crippen molar-refractivity contribution in [2.75, 3.05) is 5.43 Å². The Labute approximate surface area is 134 Å². The fraction of sp³-hybridized carbons (Fsp3) is 0. The minimum atomic E-state index is -0.309. The molecule has 118 valence electrons. The zero-order valence-corrected chi connectivity index (χ0v) is 12.3. The molecule has 4 N–H and O–H groups in total. The van der Waals surface area contributed by atoms with E-state index in [-0.39, 0.29) is 22.8 Å². The topological polar surface area (TPSA) is 119 Å². The van der Waals surface area contributed by atoms with Crippen LogP contribution in [0, 0.1) is 0 Å². The van der Waals surface area contributed by atoms with E-state index in [4.69, 9.17) is 0 Å². The molecule has 0 bridgehead atoms. The summed E-state index contributed by atoms with van der Waals surface area (Å²) in [6.07, 6.45) is 2.79. The molecule has 0 aliphatic heterocycles. The summed E-state index contributed by atoms with van der Waals surface area (Å²) in [5.74, 6) is 0.409. The predicted octanol–water partition coefficient (Wildman–Crippen LogP) is 1.95. The van der Waals surface area contributed by atoms with Gasteiger partial charge in [-0.1, -0.05) is 30.3 Å². The Hall–Kier alpha value is -3.68. The average Bonchev–Trinajstić information content (AvgIpc) is 3.01. The van der Waals surface area contributed by atoms with E-state index in [0.29, 0.717) is 11.2 Å². The van der Waals surface area contributed by atoms with Crippen LogP contribution in [0.4, 0.5) is 5.95 Å². The van der Waals surface area contributed by atoms with Gasteiger partial charge in [-0.25, -0.2) is 10.4 Å². The van der Waals surface area contributed by atoms with E-state index in [0.717, 1.165) is 10.8 Å². The SMILES string of the molecule is O=c1[nH]cnc2nc(N/N=C\c3c(O)ccc4ccccc34)[nH]c12. The highest BCUT2D eigenvalue weighted by atomic mass is 16.3. The first-order valence-corrected chi connectivity index (χ1v) is 7.15. The third-order valence-corrected chi connectivity index (χ3v) is 3.61. The molecule has 2 aromatic heterocycles. The van der Waals surface area contributed by atoms with Gasteiger partial charge in [0.25, 0.3) is 5.56 Å². The number of aromatic hydroxyl groups is 1. The van der Waals surface area contributed by atoms with Crippen LogP contribution >= 0.6 is 0 Å². The molecule has 2 heterocycles. The zero-order valence-electron chi connectivity index (χ0n) is 12.3. The van der Waals surface area contributed by atoms with Crippen LogP contribution in [-0.4, -0.2) is 31.3 Å². The number of phenolic OH excluding ortho intramolecular Hbond substituents is 1. The second-order valence-electron chi connectivity index (χ2n) is 5.11. The molecule has 0 aliphatic rings. The van der Waals surface area contributed by atoms with Crippen LogP contribution in [0.25, 0.3) is 21.9 Å². The second-order valence-corrected chi connectivity index (χ2v) is 5.11. The quantitative estimate of drug-likeness (QED) is 0.340. The predicted molar refractivity (Wildman–Crippen MR) is 91.3 cm³/mol. The van der Waals surface area contributed by atoms with Gasteiger partial charge in [-0.15, -0.1) is 0 Å². The van der Waals surface area contributed by atoms with Crippen molar-refractivity contribution in [3.63, 3.8) is 0 Å². The summed E-state index contributed by atoms with van der Waals surface area (Å²) in [6, 6.07) is 11.1. The Morgan fingerprint density at radius 2 is 2.08 bits per heavy atom. The smallest absolute Gasteiger partial charge is 0.276 e. The average molecular weight is 320 g/mol. The molecule has 0 spiro atoms. The molecule has 0 atom stereocenters. The third kappa shape index (κ3) is 2.35. The van der Waals surface area contributed by atoms with Crippen LogP contribution in [0.5, 0.6) is 5.75 Å². The lowest BCUT2D eigenvalue weighted by Gasteiger charge is -2.04. The van der Waals surface area contributed by atoms with E-state index < -0.39 is 0 Å². The molecule has 0 aliphatic carbocycles. The van der Waals surface area contributed by atoms with Gasteiger partial charge in [-0.05, 0) is 16.8 Å². The van der Waals surface area contributed by atoms with Crippen LogP contribution in [0.1, 0.15) is 5.56 Å². The van der Waals surface area contributed by atoms with Gasteiger partial charge in [0, 0.05) is 5.56 Å². The number of rotatable bonds is 3. The maximum Gasteiger partial charge on any atom is 0.276 e. The van der Waals surface area contributed by atoms with Gasteiger partial charge in [0.2, 0.25) is 5.95 Å². The van der Waals surface area contributed by atoms with Crippen molar-refractivity contribution in [1.82, 2.24) is 19.9 Å². The molecular weight excluding hydrogens is 308 g/mol. The summed E-state index contributed by atoms with van der Waals surface area (Å²) in [5.41, 5.74) is 3.54. The number of hydrogen-bond acceptors (Lipinski definition) is 6. The summed E-state index contributed by atoms with van der Waals surface area (Å²) >= 11 is 0. The lowest BCUT2D eigenvalue weighted by atomic mass is 10.0. The first-order chi connectivity index (χ1) is 11.7. The fourth-order valence-electron chi connectivity index (χ4n) is 2.47. The van der Waals surface area contributed by atoms with Crippen molar-refractivity contribution in [1.29, 1.82) is 0 Å². The number of aromatic nitrogens is 4. The van der Waals surface area contributed by atoms with E-state index in [2.05, 4.69) is 30.5 Å². The first kappa shape index (κ1) is 13.9. The van der Waals surface area contributed by atoms with Gasteiger partial charge in [0.1, 0.15) is 5.75 Å². The molecule has 0 saturated heterocycles. The number of anilines is 1. The van der Waals surface area contributed by atoms with Crippen molar-refractivity contribution < 1.29 is 5.11 Å². The monoisotopic (exact) mass is 320 g/mol. The molecule has 2 aromatic carbocycles. The van der Waals surface area contributed by atoms with Crippen LogP contribution in [0.15, 0.2) is 52.6 Å². The standard InChI is InChI=1S/C16H12N6O2/c23-12-6-5-9-3-1-2-4-10(9)11(12)7-19-22-16-20-13-14(21-16)17-8-18-15(13)24/h1-8,23H,(H3,17,18,20,21,22,24)/b19-7-. The number of phenols is 1. The summed E-state index contributed by atoms with van der Waals surface area (Å²) in [7, 11) is 0. The highest BCUT2D eigenvalue weighted by Gasteiger charge is 2.07. The Morgan fingerprint density at radius 3 is 2.96 bits per heavy atom. The number of nitrogens with zero attached hydrogens (tertiary/aromatic N) is 3. The molecule has 4 aromatic rings. The van der Waals surface area contributed by atoms with Crippen LogP contribution in [-0.2, 0) is 0 Å². The molecular formula is C16H12N6O2. The lowest BCUT2D eigenvalue weighted by molar-refractivity contribution is 0.475. The van der Waals surface area contributed by atoms with E-state index in [9.17, 15) is 9.90 Å². The number of hydrogen-bond donors (Lipinski definition) is 4. The van der Waals surface area contributed by atoms with E-state index >= 15 is 0 Å². The van der Waals surface area contributed by atoms with Crippen molar-refractivity contribution >= 4 is 34.1 Å². The van der Waals surface area contributed by atoms with Crippen molar-refractivity contribution in [2.24, 2.45) is 5.10 Å². The molecule has 0 unspecified atom stereocenters. The zero-order chi connectivity index (χ0) is 16.5. The molecule has 0 saturated carbocycles. The number of aromatic amines is 2. The Balaban J connectivity index is 1.67. The van der Waals surface area contributed by atoms with Crippen LogP contribution in [0.3, 0.4) is 0 Å². The molecule has 0 fully saturated rings. The number of H-pyrrole nitrogens is 2. The maximum absolute atomic E-state index is 11.6. The first-order valence-electron chi connectivity index (χ1n) is 7.15. The minimum Gasteiger partial charge on any atom is -0.507 e. The summed E-state index contributed by atoms with van der Waals surface area (Å²) in [4.78, 5) is 24.9. The van der Waals surface area contributed by atoms with Crippen molar-refractivity contribution in [3.8, 4) is 5.75 Å². The van der Waals surface area contributed by atoms with E-state index in [1.54, 1.807) is 6.07 Å². The van der Waals surface area contributed by atoms with Gasteiger partial charge in [0.05, 0.1) is 12.5 Å². The highest BCUT2D eigenvalue weighted by Crippen LogP contribution is 2.25. The Kier molecular flexibility index (Phi) is 3.20. The molecule has 0 amide bonds.